The van der Waals surface area contributed by atoms with Crippen LogP contribution in [-0.2, 0) is 19.0 Å². The Morgan fingerprint density at radius 2 is 1.83 bits per heavy atom. The molecule has 9 nitrogen and oxygen atoms in total. The van der Waals surface area contributed by atoms with E-state index in [2.05, 4.69) is 0 Å². The second kappa shape index (κ2) is 9.44. The Labute approximate surface area is 175 Å². The molecular weight excluding hydrogens is 396 g/mol. The van der Waals surface area contributed by atoms with Gasteiger partial charge in [0.2, 0.25) is 0 Å². The summed E-state index contributed by atoms with van der Waals surface area (Å²) in [5.41, 5.74) is 1.60. The summed E-state index contributed by atoms with van der Waals surface area (Å²) in [5, 5.41) is 50.2. The van der Waals surface area contributed by atoms with Gasteiger partial charge in [-0.2, -0.15) is 0 Å². The minimum absolute atomic E-state index is 0.383. The van der Waals surface area contributed by atoms with Gasteiger partial charge in [0.1, 0.15) is 30.5 Å². The van der Waals surface area contributed by atoms with Crippen LogP contribution in [0, 0.1) is 11.8 Å². The van der Waals surface area contributed by atoms with Crippen LogP contribution in [0.15, 0.2) is 23.3 Å². The van der Waals surface area contributed by atoms with Gasteiger partial charge >= 0.3 is 5.97 Å². The topological polar surface area (TPSA) is 146 Å². The van der Waals surface area contributed by atoms with Crippen molar-refractivity contribution >= 4 is 5.97 Å². The largest absolute Gasteiger partial charge is 0.457 e. The third kappa shape index (κ3) is 4.62. The van der Waals surface area contributed by atoms with Crippen molar-refractivity contribution in [1.29, 1.82) is 0 Å². The van der Waals surface area contributed by atoms with Gasteiger partial charge in [0.15, 0.2) is 6.29 Å². The highest BCUT2D eigenvalue weighted by Gasteiger charge is 2.50. The van der Waals surface area contributed by atoms with Crippen LogP contribution in [0.3, 0.4) is 0 Å². The molecule has 3 rings (SSSR count). The number of hydrogen-bond acceptors (Lipinski definition) is 9. The van der Waals surface area contributed by atoms with Gasteiger partial charge in [-0.25, -0.2) is 0 Å². The summed E-state index contributed by atoms with van der Waals surface area (Å²) in [6.07, 6.45) is -4.46. The fourth-order valence-electron chi connectivity index (χ4n) is 4.34. The Bertz CT molecular complexity index is 688. The van der Waals surface area contributed by atoms with Crippen molar-refractivity contribution in [1.82, 2.24) is 0 Å². The number of aliphatic hydroxyl groups is 5. The molecule has 170 valence electrons. The van der Waals surface area contributed by atoms with E-state index in [1.165, 1.54) is 0 Å². The lowest BCUT2D eigenvalue weighted by molar-refractivity contribution is -0.315. The van der Waals surface area contributed by atoms with Crippen molar-refractivity contribution in [2.45, 2.75) is 82.6 Å². The van der Waals surface area contributed by atoms with Crippen LogP contribution in [0.1, 0.15) is 33.6 Å². The highest BCUT2D eigenvalue weighted by Crippen LogP contribution is 2.38. The molecule has 10 atom stereocenters. The smallest absolute Gasteiger partial charge is 0.309 e. The maximum absolute atomic E-state index is 12.3. The van der Waals surface area contributed by atoms with Gasteiger partial charge < -0.3 is 39.7 Å². The number of ether oxygens (including phenoxy) is 3. The van der Waals surface area contributed by atoms with Crippen molar-refractivity contribution in [3.05, 3.63) is 23.3 Å². The number of carbonyl (C=O) groups excluding carboxylic acids is 1. The average molecular weight is 428 g/mol. The Morgan fingerprint density at radius 3 is 2.50 bits per heavy atom. The molecule has 2 saturated heterocycles. The predicted octanol–water partition coefficient (Wildman–Crippen LogP) is -0.603. The lowest BCUT2D eigenvalue weighted by Crippen LogP contribution is -2.60. The molecule has 0 amide bonds. The number of esters is 1. The first-order valence-corrected chi connectivity index (χ1v) is 10.3. The lowest BCUT2D eigenvalue weighted by atomic mass is 9.82. The number of hydrogen-bond donors (Lipinski definition) is 5. The van der Waals surface area contributed by atoms with E-state index in [4.69, 9.17) is 14.2 Å². The van der Waals surface area contributed by atoms with Crippen LogP contribution in [0.25, 0.3) is 0 Å². The Kier molecular flexibility index (Phi) is 7.34. The van der Waals surface area contributed by atoms with E-state index in [-0.39, 0.29) is 5.97 Å². The fraction of sp³-hybridized carbons (Fsp3) is 0.762. The molecule has 2 aliphatic heterocycles. The molecule has 30 heavy (non-hydrogen) atoms. The van der Waals surface area contributed by atoms with Crippen LogP contribution < -0.4 is 0 Å². The summed E-state index contributed by atoms with van der Waals surface area (Å²) in [6.45, 7) is 4.84. The molecule has 0 spiro atoms. The van der Waals surface area contributed by atoms with Gasteiger partial charge in [-0.1, -0.05) is 18.6 Å². The fourth-order valence-corrected chi connectivity index (χ4v) is 4.34. The maximum Gasteiger partial charge on any atom is 0.309 e. The first-order valence-electron chi connectivity index (χ1n) is 10.3. The first-order chi connectivity index (χ1) is 14.1. The van der Waals surface area contributed by atoms with Crippen molar-refractivity contribution < 1.29 is 44.5 Å². The molecule has 0 aromatic heterocycles. The van der Waals surface area contributed by atoms with Gasteiger partial charge in [-0.15, -0.1) is 0 Å². The molecule has 3 aliphatic rings. The summed E-state index contributed by atoms with van der Waals surface area (Å²) < 4.78 is 17.1. The van der Waals surface area contributed by atoms with Gasteiger partial charge in [-0.3, -0.25) is 4.79 Å². The summed E-state index contributed by atoms with van der Waals surface area (Å²) >= 11 is 0. The standard InChI is InChI=1S/C21H32O9/c1-9-4-5-12(23)10(2)7-14-16(11(3)20(27)28-14)13(6-9)29-21-19(26)18(25)17(24)15(8-22)30-21/h4,7,11-19,21-26H,5-6,8H2,1-3H3/b9-4+,10-7+. The van der Waals surface area contributed by atoms with E-state index in [0.717, 1.165) is 5.57 Å². The zero-order valence-electron chi connectivity index (χ0n) is 17.4. The summed E-state index contributed by atoms with van der Waals surface area (Å²) in [5.74, 6) is -1.31. The second-order valence-electron chi connectivity index (χ2n) is 8.56. The first kappa shape index (κ1) is 23.3. The molecule has 5 N–H and O–H groups in total. The predicted molar refractivity (Wildman–Crippen MR) is 104 cm³/mol. The molecule has 0 aromatic rings. The minimum Gasteiger partial charge on any atom is -0.457 e. The molecule has 0 radical (unpaired) electrons. The third-order valence-corrected chi connectivity index (χ3v) is 6.33. The minimum atomic E-state index is -1.55. The normalized spacial score (nSPS) is 48.7. The molecule has 2 heterocycles. The quantitative estimate of drug-likeness (QED) is 0.294. The van der Waals surface area contributed by atoms with Crippen molar-refractivity contribution in [2.75, 3.05) is 6.61 Å². The molecule has 1 aliphatic carbocycles. The molecule has 2 fully saturated rings. The highest BCUT2D eigenvalue weighted by molar-refractivity contribution is 5.75. The zero-order valence-corrected chi connectivity index (χ0v) is 17.4. The number of fused-ring (bicyclic) bond motifs is 1. The SMILES string of the molecule is C/C1=C\CC(O)/C(C)=C/C2OC(=O)C(C)C2C(OC2OC(CO)C(O)C(O)C2O)C1. The van der Waals surface area contributed by atoms with E-state index >= 15 is 0 Å². The summed E-state index contributed by atoms with van der Waals surface area (Å²) in [4.78, 5) is 12.3. The van der Waals surface area contributed by atoms with E-state index in [1.54, 1.807) is 19.9 Å². The monoisotopic (exact) mass is 428 g/mol. The molecule has 0 saturated carbocycles. The van der Waals surface area contributed by atoms with E-state index < -0.39 is 67.5 Å². The van der Waals surface area contributed by atoms with Gasteiger partial charge in [0.05, 0.1) is 24.7 Å². The van der Waals surface area contributed by atoms with Gasteiger partial charge in [0, 0.05) is 5.92 Å². The average Bonchev–Trinajstić information content (AvgIpc) is 2.98. The van der Waals surface area contributed by atoms with Crippen LogP contribution in [0.2, 0.25) is 0 Å². The maximum atomic E-state index is 12.3. The lowest BCUT2D eigenvalue weighted by Gasteiger charge is -2.42. The highest BCUT2D eigenvalue weighted by atomic mass is 16.7. The molecule has 9 heteroatoms. The second-order valence-corrected chi connectivity index (χ2v) is 8.56. The van der Waals surface area contributed by atoms with Crippen molar-refractivity contribution in [3.8, 4) is 0 Å². The third-order valence-electron chi connectivity index (χ3n) is 6.33. The summed E-state index contributed by atoms with van der Waals surface area (Å²) in [7, 11) is 0. The van der Waals surface area contributed by atoms with Crippen molar-refractivity contribution in [3.63, 3.8) is 0 Å². The van der Waals surface area contributed by atoms with Crippen LogP contribution in [-0.4, -0.2) is 87.1 Å². The van der Waals surface area contributed by atoms with E-state index in [0.29, 0.717) is 18.4 Å². The van der Waals surface area contributed by atoms with Crippen LogP contribution >= 0.6 is 0 Å². The number of carbonyl (C=O) groups is 1. The van der Waals surface area contributed by atoms with Crippen LogP contribution in [0.5, 0.6) is 0 Å². The Balaban J connectivity index is 1.91. The summed E-state index contributed by atoms with van der Waals surface area (Å²) in [6, 6.07) is 0. The van der Waals surface area contributed by atoms with Gasteiger partial charge in [-0.05, 0) is 38.3 Å². The van der Waals surface area contributed by atoms with Gasteiger partial charge in [0.25, 0.3) is 0 Å². The molecule has 0 bridgehead atoms. The number of aliphatic hydroxyl groups excluding tert-OH is 5. The molecule has 0 aromatic carbocycles. The molecule has 10 unspecified atom stereocenters. The Hall–Kier alpha value is -1.33. The van der Waals surface area contributed by atoms with Crippen LogP contribution in [0.4, 0.5) is 0 Å². The van der Waals surface area contributed by atoms with Crippen molar-refractivity contribution in [2.24, 2.45) is 11.8 Å². The molecular formula is C21H32O9. The zero-order chi connectivity index (χ0) is 22.2. The Morgan fingerprint density at radius 1 is 1.13 bits per heavy atom. The number of rotatable bonds is 3. The van der Waals surface area contributed by atoms with E-state index in [1.807, 2.05) is 13.0 Å². The van der Waals surface area contributed by atoms with E-state index in [9.17, 15) is 30.3 Å².